The van der Waals surface area contributed by atoms with Gasteiger partial charge in [0.25, 0.3) is 0 Å². The molecular formula is C42H44N2O. The lowest BCUT2D eigenvalue weighted by molar-refractivity contribution is -0.177. The molecule has 5 aliphatic rings. The van der Waals surface area contributed by atoms with Crippen LogP contribution in [0.25, 0.3) is 44.1 Å². The van der Waals surface area contributed by atoms with E-state index in [4.69, 9.17) is 4.74 Å². The van der Waals surface area contributed by atoms with Gasteiger partial charge in [-0.2, -0.15) is 0 Å². The van der Waals surface area contributed by atoms with Crippen LogP contribution in [-0.2, 0) is 4.74 Å². The standard InChI is InChI=1S/C42H44N2O/c1-3-10-27(11-4-1)29-18-21-36-33(24-29)34-25-30(28-12-5-2-6-13-28)19-22-37(34)43(36)31-20-23-38-35(26-31)32-14-9-17-41-42(32)44(38)39-15-7-8-16-40(39)45-41/h1-6,10-13,18-19,21-22,24-25,31-32,35,38-42H,7-9,14-17,20,23,26H2. The van der Waals surface area contributed by atoms with E-state index >= 15 is 0 Å². The van der Waals surface area contributed by atoms with Crippen molar-refractivity contribution in [2.24, 2.45) is 11.8 Å². The highest BCUT2D eigenvalue weighted by atomic mass is 16.5. The Bertz CT molecular complexity index is 1760. The SMILES string of the molecule is c1ccc(-c2ccc3c(c2)c2cc(-c4ccccc4)ccc2n3C2CCC3C(C2)C2CCCC4OC5CCCCC5N3C42)cc1. The second-order valence-electron chi connectivity index (χ2n) is 14.9. The minimum Gasteiger partial charge on any atom is -0.372 e. The lowest BCUT2D eigenvalue weighted by Crippen LogP contribution is -2.63. The van der Waals surface area contributed by atoms with Gasteiger partial charge in [-0.15, -0.1) is 0 Å². The van der Waals surface area contributed by atoms with Crippen molar-refractivity contribution >= 4 is 21.8 Å². The second-order valence-corrected chi connectivity index (χ2v) is 14.9. The molecule has 0 bridgehead atoms. The summed E-state index contributed by atoms with van der Waals surface area (Å²) in [5.74, 6) is 1.60. The number of nitrogens with zero attached hydrogens (tertiary/aromatic N) is 2. The first-order chi connectivity index (χ1) is 22.3. The van der Waals surface area contributed by atoms with E-state index in [1.54, 1.807) is 0 Å². The molecule has 2 aliphatic heterocycles. The van der Waals surface area contributed by atoms with Crippen LogP contribution in [0.4, 0.5) is 0 Å². The minimum absolute atomic E-state index is 0.480. The normalized spacial score (nSPS) is 32.7. The molecule has 0 amide bonds. The molecule has 3 nitrogen and oxygen atoms in total. The number of ether oxygens (including phenoxy) is 1. The molecule has 3 heterocycles. The van der Waals surface area contributed by atoms with E-state index in [9.17, 15) is 0 Å². The number of fused-ring (bicyclic) bond motifs is 8. The van der Waals surface area contributed by atoms with Gasteiger partial charge in [-0.1, -0.05) is 92.1 Å². The summed E-state index contributed by atoms with van der Waals surface area (Å²) in [7, 11) is 0. The van der Waals surface area contributed by atoms with Crippen molar-refractivity contribution in [3.8, 4) is 22.3 Å². The average molecular weight is 593 g/mol. The largest absolute Gasteiger partial charge is 0.372 e. The highest BCUT2D eigenvalue weighted by molar-refractivity contribution is 6.10. The monoisotopic (exact) mass is 592 g/mol. The van der Waals surface area contributed by atoms with E-state index < -0.39 is 0 Å². The minimum atomic E-state index is 0.480. The highest BCUT2D eigenvalue weighted by Gasteiger charge is 2.60. The molecule has 0 radical (unpaired) electrons. The van der Waals surface area contributed by atoms with Crippen molar-refractivity contribution in [2.45, 2.75) is 101 Å². The molecule has 1 aromatic heterocycles. The predicted molar refractivity (Wildman–Crippen MR) is 184 cm³/mol. The van der Waals surface area contributed by atoms with Crippen molar-refractivity contribution < 1.29 is 4.74 Å². The Balaban J connectivity index is 1.08. The van der Waals surface area contributed by atoms with Gasteiger partial charge in [-0.05, 0) is 103 Å². The van der Waals surface area contributed by atoms with Crippen LogP contribution in [-0.4, -0.2) is 39.8 Å². The molecule has 3 aliphatic carbocycles. The Morgan fingerprint density at radius 1 is 0.511 bits per heavy atom. The zero-order chi connectivity index (χ0) is 29.5. The number of aromatic nitrogens is 1. The molecule has 4 aromatic carbocycles. The first kappa shape index (κ1) is 26.8. The van der Waals surface area contributed by atoms with Crippen molar-refractivity contribution in [3.63, 3.8) is 0 Å². The van der Waals surface area contributed by atoms with E-state index in [2.05, 4.69) is 107 Å². The molecule has 8 unspecified atom stereocenters. The summed E-state index contributed by atoms with van der Waals surface area (Å²) in [5, 5.41) is 2.79. The van der Waals surface area contributed by atoms with Crippen LogP contribution in [0.2, 0.25) is 0 Å². The third-order valence-electron chi connectivity index (χ3n) is 12.7. The lowest BCUT2D eigenvalue weighted by atomic mass is 9.71. The van der Waals surface area contributed by atoms with Gasteiger partial charge in [0.15, 0.2) is 0 Å². The smallest absolute Gasteiger partial charge is 0.0737 e. The molecule has 3 saturated carbocycles. The predicted octanol–water partition coefficient (Wildman–Crippen LogP) is 10.0. The molecule has 2 saturated heterocycles. The lowest BCUT2D eigenvalue weighted by Gasteiger charge is -2.53. The fourth-order valence-electron chi connectivity index (χ4n) is 11.0. The fourth-order valence-corrected chi connectivity index (χ4v) is 11.0. The number of rotatable bonds is 3. The first-order valence-electron chi connectivity index (χ1n) is 17.9. The van der Waals surface area contributed by atoms with Crippen LogP contribution in [0.5, 0.6) is 0 Å². The van der Waals surface area contributed by atoms with E-state index in [0.717, 1.165) is 17.9 Å². The molecule has 5 fully saturated rings. The van der Waals surface area contributed by atoms with Crippen LogP contribution in [0.1, 0.15) is 70.3 Å². The Labute approximate surface area is 267 Å². The zero-order valence-electron chi connectivity index (χ0n) is 26.2. The van der Waals surface area contributed by atoms with Gasteiger partial charge < -0.3 is 9.30 Å². The first-order valence-corrected chi connectivity index (χ1v) is 17.9. The van der Waals surface area contributed by atoms with Crippen LogP contribution >= 0.6 is 0 Å². The van der Waals surface area contributed by atoms with Crippen molar-refractivity contribution in [3.05, 3.63) is 97.1 Å². The fraction of sp³-hybridized carbons (Fsp3) is 0.429. The summed E-state index contributed by atoms with van der Waals surface area (Å²) >= 11 is 0. The maximum absolute atomic E-state index is 6.94. The third kappa shape index (κ3) is 4.16. The molecule has 8 atom stereocenters. The summed E-state index contributed by atoms with van der Waals surface area (Å²) in [6.45, 7) is 0. The number of hydrogen-bond acceptors (Lipinski definition) is 2. The third-order valence-corrected chi connectivity index (χ3v) is 12.7. The zero-order valence-corrected chi connectivity index (χ0v) is 26.2. The quantitative estimate of drug-likeness (QED) is 0.207. The van der Waals surface area contributed by atoms with Gasteiger partial charge in [0.1, 0.15) is 0 Å². The summed E-state index contributed by atoms with van der Waals surface area (Å²) in [6, 6.07) is 39.0. The number of morpholine rings is 1. The molecule has 5 aromatic rings. The molecule has 45 heavy (non-hydrogen) atoms. The Morgan fingerprint density at radius 3 is 1.84 bits per heavy atom. The van der Waals surface area contributed by atoms with E-state index in [1.807, 2.05) is 0 Å². The molecule has 0 spiro atoms. The number of benzene rings is 4. The Morgan fingerprint density at radius 2 is 1.16 bits per heavy atom. The van der Waals surface area contributed by atoms with Crippen molar-refractivity contribution in [1.82, 2.24) is 9.47 Å². The topological polar surface area (TPSA) is 17.4 Å². The maximum atomic E-state index is 6.94. The Kier molecular flexibility index (Phi) is 6.29. The van der Waals surface area contributed by atoms with Crippen molar-refractivity contribution in [1.29, 1.82) is 0 Å². The van der Waals surface area contributed by atoms with Gasteiger partial charge in [-0.25, -0.2) is 0 Å². The van der Waals surface area contributed by atoms with E-state index in [-0.39, 0.29) is 0 Å². The van der Waals surface area contributed by atoms with Crippen LogP contribution in [0.15, 0.2) is 97.1 Å². The van der Waals surface area contributed by atoms with Gasteiger partial charge >= 0.3 is 0 Å². The Hall–Kier alpha value is -3.40. The maximum Gasteiger partial charge on any atom is 0.0737 e. The summed E-state index contributed by atoms with van der Waals surface area (Å²) in [6.07, 6.45) is 14.3. The highest BCUT2D eigenvalue weighted by Crippen LogP contribution is 2.56. The van der Waals surface area contributed by atoms with Gasteiger partial charge in [0, 0.05) is 46.0 Å². The van der Waals surface area contributed by atoms with Crippen LogP contribution < -0.4 is 0 Å². The summed E-state index contributed by atoms with van der Waals surface area (Å²) in [5.41, 5.74) is 8.01. The van der Waals surface area contributed by atoms with Gasteiger partial charge in [-0.3, -0.25) is 4.90 Å². The van der Waals surface area contributed by atoms with Crippen molar-refractivity contribution in [2.75, 3.05) is 0 Å². The molecule has 0 N–H and O–H groups in total. The van der Waals surface area contributed by atoms with E-state index in [0.29, 0.717) is 30.3 Å². The molecule has 228 valence electrons. The van der Waals surface area contributed by atoms with Crippen LogP contribution in [0, 0.1) is 11.8 Å². The molecular weight excluding hydrogens is 548 g/mol. The van der Waals surface area contributed by atoms with Gasteiger partial charge in [0.2, 0.25) is 0 Å². The summed E-state index contributed by atoms with van der Waals surface area (Å²) in [4.78, 5) is 3.10. The molecule has 3 heteroatoms. The summed E-state index contributed by atoms with van der Waals surface area (Å²) < 4.78 is 9.72. The second kappa shape index (κ2) is 10.6. The van der Waals surface area contributed by atoms with Crippen LogP contribution in [0.3, 0.4) is 0 Å². The van der Waals surface area contributed by atoms with Gasteiger partial charge in [0.05, 0.1) is 12.2 Å². The number of hydrogen-bond donors (Lipinski definition) is 0. The van der Waals surface area contributed by atoms with E-state index in [1.165, 1.54) is 108 Å². The average Bonchev–Trinajstić information content (AvgIpc) is 3.62. The molecule has 10 rings (SSSR count).